The molecule has 0 radical (unpaired) electrons. The van der Waals surface area contributed by atoms with Crippen LogP contribution in [0.3, 0.4) is 0 Å². The Morgan fingerprint density at radius 1 is 0.0175 bits per heavy atom. The SMILES string of the molecule is C.C.C.C.C.C.C.C.C.C.C.C.C.C.C.C.C.C.C.C.C.C.C.C.C.C.C.C.C.C.C.C.C.C.C.C.C.C.C.C.C.C.C.C.C.C.C.C.C.C.C.C.C.C.C.C.C.C.C.C.C.C.C.C.C.C.C.C.C.C.C.C.C.C.C.C.C.C.C.C.C.C.C.C.C.C.C.C.C.C.C.C.C.C.C.C.C.C.C.C.C.C.C.C.C.C.C.C.C.C.C.C.C.C.[3HH].[3HH].[3HH]. The van der Waals surface area contributed by atoms with Crippen molar-refractivity contribution in [3.8, 4) is 0 Å². The summed E-state index contributed by atoms with van der Waals surface area (Å²) in [6.07, 6.45) is 0. The van der Waals surface area contributed by atoms with E-state index in [1.165, 1.54) is 0 Å². The second-order valence-corrected chi connectivity index (χ2v) is 0. The highest BCUT2D eigenvalue weighted by molar-refractivity contribution is 2.62. The van der Waals surface area contributed by atoms with Gasteiger partial charge in [0.15, 0.2) is 0 Å². The van der Waals surface area contributed by atoms with E-state index in [0.29, 0.717) is 0 Å². The number of hydrogen-bond donors (Lipinski definition) is 0. The Morgan fingerprint density at radius 3 is 0.0175 bits per heavy atom. The Kier molecular flexibility index (Phi) is 0. The van der Waals surface area contributed by atoms with Crippen molar-refractivity contribution in [2.45, 2.75) is 847 Å². The molecule has 0 saturated heterocycles. The second-order valence-electron chi connectivity index (χ2n) is 0. The molecule has 0 fully saturated rings. The molecule has 918 valence electrons. The lowest BCUT2D eigenvalue weighted by Gasteiger charge is -0.0786. The van der Waals surface area contributed by atoms with Crippen molar-refractivity contribution in [3.05, 3.63) is 0 Å². The number of hydrogen-bond acceptors (Lipinski definition) is 0. The molecule has 0 heterocycles. The highest BCUT2D eigenvalue weighted by Gasteiger charge is 0.0354. The van der Waals surface area contributed by atoms with Crippen molar-refractivity contribution < 1.29 is 4.28 Å². The summed E-state index contributed by atoms with van der Waals surface area (Å²) in [5.41, 5.74) is 0. The molecule has 0 atom stereocenters. The Hall–Kier alpha value is 0. The van der Waals surface area contributed by atoms with Gasteiger partial charge in [0.1, 0.15) is 0 Å². The lowest BCUT2D eigenvalue weighted by atomic mass is 12.0. The van der Waals surface area contributed by atoms with E-state index in [1.807, 2.05) is 0 Å². The smallest absolute Gasteiger partial charge is 0 e. The molecule has 114 heavy (non-hydrogen) atoms. The van der Waals surface area contributed by atoms with Crippen molar-refractivity contribution in [3.63, 3.8) is 0 Å². The average Bonchev–Trinajstić information content (AvgIpc) is 0. The topological polar surface area (TPSA) is 0 Å². The molecule has 0 spiro atoms. The van der Waals surface area contributed by atoms with Crippen LogP contribution < -0.4 is 0 Å². The van der Waals surface area contributed by atoms with Crippen LogP contribution in [0.1, 0.15) is 851 Å². The molecule has 0 aromatic carbocycles. The maximum atomic E-state index is 0. The lowest BCUT2D eigenvalue weighted by molar-refractivity contribution is 2.50. The summed E-state index contributed by atoms with van der Waals surface area (Å²) in [6, 6.07) is 0. The molecule has 0 heteroatoms. The van der Waals surface area contributed by atoms with Crippen LogP contribution in [0.25, 0.3) is 0 Å². The molecule has 0 aromatic rings. The van der Waals surface area contributed by atoms with E-state index in [2.05, 4.69) is 0 Å². The fraction of sp³-hybridized carbons (Fsp3) is 1.00. The van der Waals surface area contributed by atoms with Gasteiger partial charge in [-0.1, -0.05) is 847 Å². The third kappa shape index (κ3) is 0. The summed E-state index contributed by atoms with van der Waals surface area (Å²) in [5, 5.41) is 0. The number of rotatable bonds is 0. The fourth-order valence-corrected chi connectivity index (χ4v) is 0. The van der Waals surface area contributed by atoms with E-state index in [1.54, 1.807) is 0 Å². The average molecular weight is 1840 g/mol. The van der Waals surface area contributed by atoms with Gasteiger partial charge in [0.05, 0.1) is 0 Å². The van der Waals surface area contributed by atoms with Crippen molar-refractivity contribution in [2.75, 3.05) is 0 Å². The Balaban J connectivity index is 0. The molecule has 0 nitrogen and oxygen atoms in total. The molecule has 0 saturated carbocycles. The first-order chi connectivity index (χ1) is 0. The minimum atomic E-state index is 0. The quantitative estimate of drug-likeness (QED) is 0.227. The molecule has 0 aromatic heterocycles. The van der Waals surface area contributed by atoms with Gasteiger partial charge < -0.3 is 0 Å². The molecular weight excluding hydrogens is 1370 g/mol. The second kappa shape index (κ2) is 0. The van der Waals surface area contributed by atoms with Crippen molar-refractivity contribution in [1.82, 2.24) is 0 Å². The molecule has 0 rings (SSSR count). The van der Waals surface area contributed by atoms with Gasteiger partial charge in [-0.25, -0.2) is 0 Å². The predicted octanol–water partition coefficient (Wildman–Crippen LogP) is 73.3. The first-order valence-corrected chi connectivity index (χ1v) is 0. The van der Waals surface area contributed by atoms with Gasteiger partial charge in [0, 0.05) is 4.28 Å². The van der Waals surface area contributed by atoms with Crippen LogP contribution in [-0.4, -0.2) is 0 Å². The Bertz CT molecular complexity index is 20.1. The maximum Gasteiger partial charge on any atom is 0 e. The van der Waals surface area contributed by atoms with E-state index in [4.69, 9.17) is 0 Å². The summed E-state index contributed by atoms with van der Waals surface area (Å²) in [6.45, 7) is 0. The minimum absolute atomic E-state index is 0. The summed E-state index contributed by atoms with van der Waals surface area (Å²) >= 11 is 0. The van der Waals surface area contributed by atoms with Crippen LogP contribution in [0.4, 0.5) is 0 Å². The standard InChI is InChI=1S/114CH4.3H2/h114*1H4;3*1H/i;;;;;;;;;;;;;;;;;;;;;;;;;;;;;;;;;;;;;;;;;;;;;;;;;;;;;;;;;;;;;;;;;;;;;;;;;;;;;;;;;;;;;;;;;;;;;;;;;;;;;;;;;;;;;;;;;;3*1+2. The van der Waals surface area contributed by atoms with Crippen LogP contribution in [0.2, 0.25) is 0 Å². The van der Waals surface area contributed by atoms with E-state index in [9.17, 15) is 0 Å². The molecule has 0 N–H and O–H groups in total. The molecular formula is C114H462. The van der Waals surface area contributed by atoms with E-state index in [-0.39, 0.29) is 851 Å². The van der Waals surface area contributed by atoms with Crippen LogP contribution in [0, 0.1) is 0 Å². The molecule has 0 amide bonds. The van der Waals surface area contributed by atoms with Gasteiger partial charge in [0.25, 0.3) is 0 Å². The van der Waals surface area contributed by atoms with Gasteiger partial charge in [-0.05, 0) is 0 Å². The first kappa shape index (κ1) is 0. The maximum absolute atomic E-state index is 0. The summed E-state index contributed by atoms with van der Waals surface area (Å²) in [5.74, 6) is 0. The van der Waals surface area contributed by atoms with Crippen LogP contribution >= 0.6 is 0 Å². The highest BCUT2D eigenvalue weighted by atomic mass is 12.1. The van der Waals surface area contributed by atoms with Crippen molar-refractivity contribution in [1.29, 1.82) is 0 Å². The van der Waals surface area contributed by atoms with Crippen molar-refractivity contribution >= 4 is 0 Å². The third-order valence-corrected chi connectivity index (χ3v) is 0. The van der Waals surface area contributed by atoms with Gasteiger partial charge >= 0.3 is 0 Å². The molecule has 0 unspecified atom stereocenters. The van der Waals surface area contributed by atoms with Gasteiger partial charge in [-0.3, -0.25) is 0 Å². The van der Waals surface area contributed by atoms with Crippen LogP contribution in [0.5, 0.6) is 0 Å². The predicted molar refractivity (Wildman–Crippen MR) is 774 cm³/mol. The minimum Gasteiger partial charge on any atom is -0.0776 e. The van der Waals surface area contributed by atoms with Crippen molar-refractivity contribution in [2.24, 2.45) is 0 Å². The zero-order chi connectivity index (χ0) is 0. The summed E-state index contributed by atoms with van der Waals surface area (Å²) in [4.78, 5) is 0. The molecule has 0 aliphatic carbocycles. The monoisotopic (exact) mass is 1840 g/mol. The van der Waals surface area contributed by atoms with Gasteiger partial charge in [0.2, 0.25) is 0 Å². The third-order valence-electron chi connectivity index (χ3n) is 0. The van der Waals surface area contributed by atoms with E-state index in [0.717, 1.165) is 0 Å². The lowest BCUT2D eigenvalue weighted by Crippen LogP contribution is 0.143. The van der Waals surface area contributed by atoms with Gasteiger partial charge in [-0.2, -0.15) is 0 Å². The fourth-order valence-electron chi connectivity index (χ4n) is 0. The van der Waals surface area contributed by atoms with Crippen LogP contribution in [0.15, 0.2) is 0 Å². The zero-order valence-electron chi connectivity index (χ0n) is 0. The molecule has 0 aliphatic rings. The Labute approximate surface area is 846 Å². The normalized spacial score (nSPS) is 0. The summed E-state index contributed by atoms with van der Waals surface area (Å²) < 4.78 is 0. The first-order valence-electron chi connectivity index (χ1n) is 0. The highest BCUT2D eigenvalue weighted by Crippen LogP contribution is 0.257. The molecule has 0 aliphatic heterocycles. The largest absolute Gasteiger partial charge is 0.0776 e. The summed E-state index contributed by atoms with van der Waals surface area (Å²) in [7, 11) is 0. The zero-order valence-corrected chi connectivity index (χ0v) is 0. The molecule has 0 bridgehead atoms. The van der Waals surface area contributed by atoms with E-state index >= 15 is 0 Å². The van der Waals surface area contributed by atoms with Crippen LogP contribution in [-0.2, 0) is 0 Å². The van der Waals surface area contributed by atoms with Gasteiger partial charge in [-0.15, -0.1) is 0 Å². The Morgan fingerprint density at radius 2 is 0.0175 bits per heavy atom. The van der Waals surface area contributed by atoms with E-state index < -0.39 is 0 Å².